The Morgan fingerprint density at radius 1 is 1.43 bits per heavy atom. The zero-order chi connectivity index (χ0) is 15.8. The van der Waals surface area contributed by atoms with Crippen molar-refractivity contribution in [3.8, 4) is 0 Å². The summed E-state index contributed by atoms with van der Waals surface area (Å²) in [6.07, 6.45) is 0.787. The molecule has 0 bridgehead atoms. The number of carbonyl (C=O) groups excluding carboxylic acids is 1. The number of nitrogens with zero attached hydrogens (tertiary/aromatic N) is 2. The highest BCUT2D eigenvalue weighted by Gasteiger charge is 2.14. The molecule has 116 valence electrons. The number of pyridine rings is 1. The maximum Gasteiger partial charge on any atom is 0.317 e. The van der Waals surface area contributed by atoms with Crippen molar-refractivity contribution in [2.75, 3.05) is 13.6 Å². The van der Waals surface area contributed by atoms with Crippen LogP contribution in [-0.2, 0) is 11.3 Å². The summed E-state index contributed by atoms with van der Waals surface area (Å²) in [5, 5.41) is 11.5. The van der Waals surface area contributed by atoms with E-state index in [0.29, 0.717) is 13.1 Å². The summed E-state index contributed by atoms with van der Waals surface area (Å²) in [5.41, 5.74) is 1.74. The molecule has 6 nitrogen and oxygen atoms in total. The van der Waals surface area contributed by atoms with Crippen LogP contribution in [0.3, 0.4) is 0 Å². The molecular weight excluding hydrogens is 270 g/mol. The van der Waals surface area contributed by atoms with Crippen molar-refractivity contribution in [3.63, 3.8) is 0 Å². The lowest BCUT2D eigenvalue weighted by Crippen LogP contribution is -2.39. The van der Waals surface area contributed by atoms with Gasteiger partial charge < -0.3 is 15.3 Å². The van der Waals surface area contributed by atoms with Gasteiger partial charge in [-0.2, -0.15) is 0 Å². The van der Waals surface area contributed by atoms with Crippen LogP contribution in [-0.4, -0.2) is 40.6 Å². The van der Waals surface area contributed by atoms with Crippen molar-refractivity contribution >= 4 is 12.0 Å². The van der Waals surface area contributed by atoms with E-state index in [-0.39, 0.29) is 18.4 Å². The zero-order valence-corrected chi connectivity index (χ0v) is 12.8. The van der Waals surface area contributed by atoms with Gasteiger partial charge in [0.15, 0.2) is 0 Å². The van der Waals surface area contributed by atoms with Crippen LogP contribution in [0.15, 0.2) is 18.2 Å². The number of hydrogen-bond acceptors (Lipinski definition) is 3. The lowest BCUT2D eigenvalue weighted by molar-refractivity contribution is -0.138. The topological polar surface area (TPSA) is 82.5 Å². The van der Waals surface area contributed by atoms with Crippen LogP contribution < -0.4 is 5.32 Å². The molecule has 0 aliphatic heterocycles. The summed E-state index contributed by atoms with van der Waals surface area (Å²) >= 11 is 0. The van der Waals surface area contributed by atoms with Gasteiger partial charge in [0.2, 0.25) is 0 Å². The Morgan fingerprint density at radius 2 is 2.14 bits per heavy atom. The van der Waals surface area contributed by atoms with E-state index in [1.54, 1.807) is 7.05 Å². The van der Waals surface area contributed by atoms with E-state index < -0.39 is 5.97 Å². The SMILES string of the molecule is CCC(CNC(=O)N(C)Cc1cccc(C)n1)CC(=O)O. The van der Waals surface area contributed by atoms with Crippen LogP contribution in [0.5, 0.6) is 0 Å². The Morgan fingerprint density at radius 3 is 2.71 bits per heavy atom. The highest BCUT2D eigenvalue weighted by atomic mass is 16.4. The van der Waals surface area contributed by atoms with Gasteiger partial charge in [0.25, 0.3) is 0 Å². The second-order valence-corrected chi connectivity index (χ2v) is 5.18. The lowest BCUT2D eigenvalue weighted by Gasteiger charge is -2.20. The van der Waals surface area contributed by atoms with E-state index in [1.807, 2.05) is 32.0 Å². The number of aliphatic carboxylic acids is 1. The van der Waals surface area contributed by atoms with E-state index in [2.05, 4.69) is 10.3 Å². The molecule has 2 N–H and O–H groups in total. The molecule has 0 saturated carbocycles. The highest BCUT2D eigenvalue weighted by molar-refractivity contribution is 5.74. The summed E-state index contributed by atoms with van der Waals surface area (Å²) in [4.78, 5) is 28.6. The number of nitrogens with one attached hydrogen (secondary N) is 1. The average molecular weight is 293 g/mol. The Kier molecular flexibility index (Phi) is 6.65. The van der Waals surface area contributed by atoms with Gasteiger partial charge in [-0.25, -0.2) is 4.79 Å². The first-order chi connectivity index (χ1) is 9.92. The lowest BCUT2D eigenvalue weighted by atomic mass is 10.0. The fourth-order valence-electron chi connectivity index (χ4n) is 1.98. The molecule has 1 rings (SSSR count). The standard InChI is InChI=1S/C15H23N3O3/c1-4-12(8-14(19)20)9-16-15(21)18(3)10-13-7-5-6-11(2)17-13/h5-7,12H,4,8-10H2,1-3H3,(H,16,21)(H,19,20). The van der Waals surface area contributed by atoms with E-state index >= 15 is 0 Å². The van der Waals surface area contributed by atoms with Gasteiger partial charge in [0.05, 0.1) is 12.2 Å². The minimum atomic E-state index is -0.839. The first-order valence-corrected chi connectivity index (χ1v) is 7.05. The van der Waals surface area contributed by atoms with Crippen molar-refractivity contribution in [1.82, 2.24) is 15.2 Å². The normalized spacial score (nSPS) is 11.8. The van der Waals surface area contributed by atoms with Gasteiger partial charge in [-0.15, -0.1) is 0 Å². The summed E-state index contributed by atoms with van der Waals surface area (Å²) in [7, 11) is 1.69. The van der Waals surface area contributed by atoms with Crippen molar-refractivity contribution in [3.05, 3.63) is 29.6 Å². The fraction of sp³-hybridized carbons (Fsp3) is 0.533. The second-order valence-electron chi connectivity index (χ2n) is 5.18. The number of aryl methyl sites for hydroxylation is 1. The molecular formula is C15H23N3O3. The summed E-state index contributed by atoms with van der Waals surface area (Å²) in [6, 6.07) is 5.46. The summed E-state index contributed by atoms with van der Waals surface area (Å²) in [5.74, 6) is -0.884. The first kappa shape index (κ1) is 16.9. The maximum atomic E-state index is 12.0. The van der Waals surface area contributed by atoms with Crippen LogP contribution >= 0.6 is 0 Å². The van der Waals surface area contributed by atoms with Crippen molar-refractivity contribution in [2.24, 2.45) is 5.92 Å². The van der Waals surface area contributed by atoms with Gasteiger partial charge in [0.1, 0.15) is 0 Å². The number of urea groups is 1. The number of aromatic nitrogens is 1. The predicted molar refractivity (Wildman–Crippen MR) is 79.9 cm³/mol. The summed E-state index contributed by atoms with van der Waals surface area (Å²) < 4.78 is 0. The Labute approximate surface area is 125 Å². The van der Waals surface area contributed by atoms with Crippen LogP contribution in [0.2, 0.25) is 0 Å². The van der Waals surface area contributed by atoms with Gasteiger partial charge in [-0.3, -0.25) is 9.78 Å². The first-order valence-electron chi connectivity index (χ1n) is 7.05. The molecule has 0 saturated heterocycles. The largest absolute Gasteiger partial charge is 0.481 e. The van der Waals surface area contributed by atoms with E-state index in [4.69, 9.17) is 5.11 Å². The fourth-order valence-corrected chi connectivity index (χ4v) is 1.98. The predicted octanol–water partition coefficient (Wildman–Crippen LogP) is 2.03. The second kappa shape index (κ2) is 8.24. The smallest absolute Gasteiger partial charge is 0.317 e. The van der Waals surface area contributed by atoms with Gasteiger partial charge in [0, 0.05) is 25.7 Å². The molecule has 6 heteroatoms. The minimum Gasteiger partial charge on any atom is -0.481 e. The number of hydrogen-bond donors (Lipinski definition) is 2. The van der Waals surface area contributed by atoms with Crippen LogP contribution in [0.25, 0.3) is 0 Å². The van der Waals surface area contributed by atoms with E-state index in [1.165, 1.54) is 4.90 Å². The molecule has 0 radical (unpaired) electrons. The minimum absolute atomic E-state index is 0.0445. The van der Waals surface area contributed by atoms with E-state index in [9.17, 15) is 9.59 Å². The Bertz CT molecular complexity index is 491. The Hall–Kier alpha value is -2.11. The molecule has 0 aromatic carbocycles. The van der Waals surface area contributed by atoms with Gasteiger partial charge in [-0.1, -0.05) is 19.4 Å². The molecule has 0 aliphatic carbocycles. The number of rotatable bonds is 7. The Balaban J connectivity index is 2.45. The zero-order valence-electron chi connectivity index (χ0n) is 12.8. The van der Waals surface area contributed by atoms with Crippen LogP contribution in [0.4, 0.5) is 4.79 Å². The number of carboxylic acid groups (broad SMARTS) is 1. The average Bonchev–Trinajstić information content (AvgIpc) is 2.42. The maximum absolute atomic E-state index is 12.0. The quantitative estimate of drug-likeness (QED) is 0.806. The molecule has 0 aliphatic rings. The molecule has 0 fully saturated rings. The molecule has 0 spiro atoms. The molecule has 21 heavy (non-hydrogen) atoms. The van der Waals surface area contributed by atoms with Gasteiger partial charge >= 0.3 is 12.0 Å². The molecule has 1 atom stereocenters. The highest BCUT2D eigenvalue weighted by Crippen LogP contribution is 2.07. The van der Waals surface area contributed by atoms with Crippen molar-refractivity contribution < 1.29 is 14.7 Å². The third-order valence-corrected chi connectivity index (χ3v) is 3.27. The van der Waals surface area contributed by atoms with E-state index in [0.717, 1.165) is 17.8 Å². The van der Waals surface area contributed by atoms with Crippen LogP contribution in [0.1, 0.15) is 31.2 Å². The molecule has 1 unspecified atom stereocenters. The monoisotopic (exact) mass is 293 g/mol. The van der Waals surface area contributed by atoms with Crippen molar-refractivity contribution in [1.29, 1.82) is 0 Å². The molecule has 1 aromatic heterocycles. The molecule has 2 amide bonds. The number of carbonyl (C=O) groups is 2. The summed E-state index contributed by atoms with van der Waals surface area (Å²) in [6.45, 7) is 4.61. The molecule has 1 heterocycles. The molecule has 1 aromatic rings. The van der Waals surface area contributed by atoms with Crippen molar-refractivity contribution in [2.45, 2.75) is 33.2 Å². The van der Waals surface area contributed by atoms with Crippen LogP contribution in [0, 0.1) is 12.8 Å². The number of carboxylic acids is 1. The van der Waals surface area contributed by atoms with Gasteiger partial charge in [-0.05, 0) is 25.0 Å². The number of amides is 2. The third-order valence-electron chi connectivity index (χ3n) is 3.27. The third kappa shape index (κ3) is 6.25.